The van der Waals surface area contributed by atoms with Crippen molar-refractivity contribution in [3.63, 3.8) is 0 Å². The standard InChI is InChI=1S/C13H16N2O3S/c1-13(2,3)19(18)14-12-7-5-9-4-6-10(15(16)17)8-11(9)12/h4,6-8,14H,5H2,1-3H3. The molecule has 0 radical (unpaired) electrons. The van der Waals surface area contributed by atoms with Crippen molar-refractivity contribution in [3.8, 4) is 0 Å². The molecular formula is C13H16N2O3S. The zero-order valence-electron chi connectivity index (χ0n) is 11.1. The van der Waals surface area contributed by atoms with E-state index in [-0.39, 0.29) is 10.4 Å². The quantitative estimate of drug-likeness (QED) is 0.683. The predicted octanol–water partition coefficient (Wildman–Crippen LogP) is 2.54. The fourth-order valence-electron chi connectivity index (χ4n) is 1.78. The number of nitro groups is 1. The molecule has 0 fully saturated rings. The van der Waals surface area contributed by atoms with Crippen LogP contribution in [0.4, 0.5) is 5.69 Å². The van der Waals surface area contributed by atoms with Crippen LogP contribution in [0.5, 0.6) is 0 Å². The Balaban J connectivity index is 2.28. The van der Waals surface area contributed by atoms with Gasteiger partial charge in [-0.1, -0.05) is 12.1 Å². The van der Waals surface area contributed by atoms with E-state index >= 15 is 0 Å². The summed E-state index contributed by atoms with van der Waals surface area (Å²) in [5.74, 6) is 0. The van der Waals surface area contributed by atoms with Gasteiger partial charge in [-0.3, -0.25) is 10.1 Å². The lowest BCUT2D eigenvalue weighted by Gasteiger charge is -2.19. The van der Waals surface area contributed by atoms with Gasteiger partial charge in [0.05, 0.1) is 15.4 Å². The number of nitrogens with zero attached hydrogens (tertiary/aromatic N) is 1. The maximum absolute atomic E-state index is 12.1. The first-order chi connectivity index (χ1) is 8.79. The van der Waals surface area contributed by atoms with Crippen LogP contribution in [-0.2, 0) is 17.4 Å². The summed E-state index contributed by atoms with van der Waals surface area (Å²) in [4.78, 5) is 10.4. The minimum Gasteiger partial charge on any atom is -0.304 e. The van der Waals surface area contributed by atoms with Gasteiger partial charge in [0.2, 0.25) is 0 Å². The summed E-state index contributed by atoms with van der Waals surface area (Å²) in [6.07, 6.45) is 2.62. The second kappa shape index (κ2) is 4.77. The highest BCUT2D eigenvalue weighted by molar-refractivity contribution is 7.84. The molecule has 19 heavy (non-hydrogen) atoms. The molecule has 0 aliphatic heterocycles. The van der Waals surface area contributed by atoms with Crippen LogP contribution in [0, 0.1) is 10.1 Å². The van der Waals surface area contributed by atoms with Crippen molar-refractivity contribution in [1.82, 2.24) is 4.72 Å². The van der Waals surface area contributed by atoms with Gasteiger partial charge in [-0.15, -0.1) is 0 Å². The number of allylic oxidation sites excluding steroid dienone is 1. The highest BCUT2D eigenvalue weighted by atomic mass is 32.2. The first-order valence-electron chi connectivity index (χ1n) is 5.95. The molecule has 0 spiro atoms. The second-order valence-corrected chi connectivity index (χ2v) is 7.37. The van der Waals surface area contributed by atoms with Crippen molar-refractivity contribution in [2.75, 3.05) is 0 Å². The molecule has 1 aromatic rings. The highest BCUT2D eigenvalue weighted by Gasteiger charge is 2.24. The van der Waals surface area contributed by atoms with Crippen LogP contribution in [-0.4, -0.2) is 13.9 Å². The molecule has 2 rings (SSSR count). The molecule has 1 unspecified atom stereocenters. The number of hydrogen-bond acceptors (Lipinski definition) is 3. The monoisotopic (exact) mass is 280 g/mol. The number of nitrogens with one attached hydrogen (secondary N) is 1. The molecule has 102 valence electrons. The molecule has 1 aliphatic rings. The van der Waals surface area contributed by atoms with E-state index < -0.39 is 15.9 Å². The molecule has 5 nitrogen and oxygen atoms in total. The summed E-state index contributed by atoms with van der Waals surface area (Å²) in [6, 6.07) is 4.77. The summed E-state index contributed by atoms with van der Waals surface area (Å²) in [6.45, 7) is 5.62. The molecule has 1 aliphatic carbocycles. The Hall–Kier alpha value is -1.69. The summed E-state index contributed by atoms with van der Waals surface area (Å²) in [5, 5.41) is 10.8. The number of benzene rings is 1. The summed E-state index contributed by atoms with van der Waals surface area (Å²) in [7, 11) is -1.24. The van der Waals surface area contributed by atoms with Crippen molar-refractivity contribution in [2.24, 2.45) is 0 Å². The molecule has 0 saturated heterocycles. The number of rotatable bonds is 3. The SMILES string of the molecule is CC(C)(C)S(=O)NC1=CCc2ccc([N+](=O)[O-])cc21. The van der Waals surface area contributed by atoms with Crippen LogP contribution in [0.3, 0.4) is 0 Å². The maximum atomic E-state index is 12.1. The zero-order valence-corrected chi connectivity index (χ0v) is 11.9. The van der Waals surface area contributed by atoms with Crippen LogP contribution < -0.4 is 4.72 Å². The van der Waals surface area contributed by atoms with E-state index in [0.29, 0.717) is 12.1 Å². The Morgan fingerprint density at radius 3 is 2.63 bits per heavy atom. The Morgan fingerprint density at radius 1 is 1.37 bits per heavy atom. The van der Waals surface area contributed by atoms with Gasteiger partial charge < -0.3 is 4.72 Å². The van der Waals surface area contributed by atoms with Gasteiger partial charge in [0.15, 0.2) is 0 Å². The molecule has 1 aromatic carbocycles. The van der Waals surface area contributed by atoms with Crippen LogP contribution >= 0.6 is 0 Å². The van der Waals surface area contributed by atoms with E-state index in [9.17, 15) is 14.3 Å². The number of hydrogen-bond donors (Lipinski definition) is 1. The normalized spacial score (nSPS) is 15.6. The van der Waals surface area contributed by atoms with Crippen molar-refractivity contribution in [1.29, 1.82) is 0 Å². The molecular weight excluding hydrogens is 264 g/mol. The third-order valence-corrected chi connectivity index (χ3v) is 4.40. The second-order valence-electron chi connectivity index (χ2n) is 5.40. The van der Waals surface area contributed by atoms with Gasteiger partial charge in [-0.2, -0.15) is 0 Å². The van der Waals surface area contributed by atoms with Crippen molar-refractivity contribution < 1.29 is 9.13 Å². The van der Waals surface area contributed by atoms with Crippen LogP contribution in [0.15, 0.2) is 24.3 Å². The van der Waals surface area contributed by atoms with Gasteiger partial charge in [-0.25, -0.2) is 4.21 Å². The first-order valence-corrected chi connectivity index (χ1v) is 7.10. The lowest BCUT2D eigenvalue weighted by Crippen LogP contribution is -2.32. The van der Waals surface area contributed by atoms with Gasteiger partial charge >= 0.3 is 0 Å². The Labute approximate surface area is 114 Å². The van der Waals surface area contributed by atoms with E-state index in [0.717, 1.165) is 11.1 Å². The van der Waals surface area contributed by atoms with Gasteiger partial charge in [0.25, 0.3) is 5.69 Å². The molecule has 6 heteroatoms. The Kier molecular flexibility index (Phi) is 3.45. The lowest BCUT2D eigenvalue weighted by atomic mass is 10.1. The lowest BCUT2D eigenvalue weighted by molar-refractivity contribution is -0.384. The number of non-ortho nitro benzene ring substituents is 1. The molecule has 1 N–H and O–H groups in total. The topological polar surface area (TPSA) is 72.2 Å². The van der Waals surface area contributed by atoms with E-state index in [1.807, 2.05) is 26.8 Å². The molecule has 0 aromatic heterocycles. The minimum absolute atomic E-state index is 0.0508. The number of fused-ring (bicyclic) bond motifs is 1. The molecule has 0 amide bonds. The third kappa shape index (κ3) is 2.84. The smallest absolute Gasteiger partial charge is 0.270 e. The summed E-state index contributed by atoms with van der Waals surface area (Å²) < 4.78 is 14.6. The fraction of sp³-hybridized carbons (Fsp3) is 0.385. The Bertz CT molecular complexity index is 588. The highest BCUT2D eigenvalue weighted by Crippen LogP contribution is 2.30. The molecule has 0 heterocycles. The first kappa shape index (κ1) is 13.7. The fourth-order valence-corrected chi connectivity index (χ4v) is 2.48. The summed E-state index contributed by atoms with van der Waals surface area (Å²) >= 11 is 0. The van der Waals surface area contributed by atoms with Gasteiger partial charge in [0.1, 0.15) is 11.0 Å². The largest absolute Gasteiger partial charge is 0.304 e. The third-order valence-electron chi connectivity index (χ3n) is 2.88. The average Bonchev–Trinajstić information content (AvgIpc) is 2.70. The number of nitro benzene ring substituents is 1. The Morgan fingerprint density at radius 2 is 2.05 bits per heavy atom. The maximum Gasteiger partial charge on any atom is 0.270 e. The van der Waals surface area contributed by atoms with E-state index in [2.05, 4.69) is 4.72 Å². The van der Waals surface area contributed by atoms with Crippen molar-refractivity contribution >= 4 is 22.4 Å². The summed E-state index contributed by atoms with van der Waals surface area (Å²) in [5.41, 5.74) is 2.55. The zero-order chi connectivity index (χ0) is 14.2. The minimum atomic E-state index is -1.24. The van der Waals surface area contributed by atoms with Crippen LogP contribution in [0.25, 0.3) is 5.70 Å². The average molecular weight is 280 g/mol. The predicted molar refractivity (Wildman–Crippen MR) is 75.8 cm³/mol. The van der Waals surface area contributed by atoms with E-state index in [1.54, 1.807) is 6.07 Å². The van der Waals surface area contributed by atoms with E-state index in [4.69, 9.17) is 0 Å². The van der Waals surface area contributed by atoms with Gasteiger partial charge in [-0.05, 0) is 32.8 Å². The van der Waals surface area contributed by atoms with Crippen LogP contribution in [0.2, 0.25) is 0 Å². The van der Waals surface area contributed by atoms with E-state index in [1.165, 1.54) is 12.1 Å². The van der Waals surface area contributed by atoms with Crippen molar-refractivity contribution in [3.05, 3.63) is 45.5 Å². The van der Waals surface area contributed by atoms with Crippen molar-refractivity contribution in [2.45, 2.75) is 31.9 Å². The van der Waals surface area contributed by atoms with Crippen LogP contribution in [0.1, 0.15) is 31.9 Å². The molecule has 0 bridgehead atoms. The molecule has 1 atom stereocenters. The molecule has 0 saturated carbocycles. The van der Waals surface area contributed by atoms with Gasteiger partial charge in [0, 0.05) is 17.7 Å².